The molecule has 0 aromatic carbocycles. The van der Waals surface area contributed by atoms with Crippen molar-refractivity contribution >= 4 is 0 Å². The van der Waals surface area contributed by atoms with Crippen molar-refractivity contribution in [3.8, 4) is 5.88 Å². The van der Waals surface area contributed by atoms with Gasteiger partial charge in [0.25, 0.3) is 0 Å². The molecule has 17 heavy (non-hydrogen) atoms. The number of aryl methyl sites for hydroxylation is 1. The first-order valence-electron chi connectivity index (χ1n) is 6.11. The largest absolute Gasteiger partial charge is 0.481 e. The summed E-state index contributed by atoms with van der Waals surface area (Å²) in [6.45, 7) is 6.49. The summed E-state index contributed by atoms with van der Waals surface area (Å²) in [6, 6.07) is 2.07. The number of rotatable bonds is 8. The molecule has 5 nitrogen and oxygen atoms in total. The molecule has 5 heteroatoms. The Hall–Kier alpha value is -1.07. The second-order valence-corrected chi connectivity index (χ2v) is 3.92. The third kappa shape index (κ3) is 4.02. The average Bonchev–Trinajstić information content (AvgIpc) is 2.69. The van der Waals surface area contributed by atoms with Crippen LogP contribution in [0.3, 0.4) is 0 Å². The van der Waals surface area contributed by atoms with Crippen LogP contribution in [-0.2, 0) is 11.8 Å². The summed E-state index contributed by atoms with van der Waals surface area (Å²) in [7, 11) is 3.52. The quantitative estimate of drug-likeness (QED) is 0.701. The first-order valence-corrected chi connectivity index (χ1v) is 6.11. The van der Waals surface area contributed by atoms with Gasteiger partial charge >= 0.3 is 0 Å². The van der Waals surface area contributed by atoms with Crippen molar-refractivity contribution in [2.45, 2.75) is 26.3 Å². The zero-order valence-electron chi connectivity index (χ0n) is 11.2. The van der Waals surface area contributed by atoms with Gasteiger partial charge < -0.3 is 14.8 Å². The highest BCUT2D eigenvalue weighted by atomic mass is 16.5. The molecule has 1 atom stereocenters. The van der Waals surface area contributed by atoms with Gasteiger partial charge in [0.05, 0.1) is 25.5 Å². The van der Waals surface area contributed by atoms with Crippen molar-refractivity contribution in [2.75, 3.05) is 26.9 Å². The van der Waals surface area contributed by atoms with Crippen molar-refractivity contribution in [1.29, 1.82) is 0 Å². The molecular formula is C12H23N3O2. The van der Waals surface area contributed by atoms with Crippen molar-refractivity contribution < 1.29 is 9.47 Å². The van der Waals surface area contributed by atoms with E-state index in [1.54, 1.807) is 11.8 Å². The molecular weight excluding hydrogens is 218 g/mol. The molecule has 1 unspecified atom stereocenters. The van der Waals surface area contributed by atoms with E-state index >= 15 is 0 Å². The van der Waals surface area contributed by atoms with E-state index < -0.39 is 0 Å². The Bertz CT molecular complexity index is 326. The van der Waals surface area contributed by atoms with Crippen LogP contribution in [-0.4, -0.2) is 36.6 Å². The van der Waals surface area contributed by atoms with Crippen molar-refractivity contribution in [1.82, 2.24) is 15.1 Å². The SMILES string of the molecule is CCCOCC(NCC)c1cc(OC)n(C)n1. The Balaban J connectivity index is 2.67. The van der Waals surface area contributed by atoms with Gasteiger partial charge in [-0.1, -0.05) is 13.8 Å². The van der Waals surface area contributed by atoms with Crippen molar-refractivity contribution in [3.05, 3.63) is 11.8 Å². The lowest BCUT2D eigenvalue weighted by molar-refractivity contribution is 0.111. The van der Waals surface area contributed by atoms with Gasteiger partial charge in [0.15, 0.2) is 0 Å². The Morgan fingerprint density at radius 1 is 1.47 bits per heavy atom. The van der Waals surface area contributed by atoms with Gasteiger partial charge in [0.1, 0.15) is 0 Å². The lowest BCUT2D eigenvalue weighted by Gasteiger charge is -2.15. The maximum absolute atomic E-state index is 5.58. The molecule has 98 valence electrons. The van der Waals surface area contributed by atoms with Crippen LogP contribution in [0.1, 0.15) is 32.0 Å². The fourth-order valence-electron chi connectivity index (χ4n) is 1.67. The Morgan fingerprint density at radius 3 is 2.76 bits per heavy atom. The minimum absolute atomic E-state index is 0.127. The first-order chi connectivity index (χ1) is 8.22. The molecule has 0 amide bonds. The number of aromatic nitrogens is 2. The minimum Gasteiger partial charge on any atom is -0.481 e. The van der Waals surface area contributed by atoms with E-state index in [9.17, 15) is 0 Å². The third-order valence-electron chi connectivity index (χ3n) is 2.51. The highest BCUT2D eigenvalue weighted by Gasteiger charge is 2.16. The maximum atomic E-state index is 5.58. The highest BCUT2D eigenvalue weighted by molar-refractivity contribution is 5.18. The summed E-state index contributed by atoms with van der Waals surface area (Å²) in [5.74, 6) is 0.762. The van der Waals surface area contributed by atoms with Crippen LogP contribution in [0.15, 0.2) is 6.07 Å². The predicted molar refractivity (Wildman–Crippen MR) is 67.3 cm³/mol. The topological polar surface area (TPSA) is 48.3 Å². The summed E-state index contributed by atoms with van der Waals surface area (Å²) >= 11 is 0. The van der Waals surface area contributed by atoms with Gasteiger partial charge in [-0.3, -0.25) is 0 Å². The fourth-order valence-corrected chi connectivity index (χ4v) is 1.67. The number of methoxy groups -OCH3 is 1. The zero-order valence-corrected chi connectivity index (χ0v) is 11.2. The average molecular weight is 241 g/mol. The monoisotopic (exact) mass is 241 g/mol. The van der Waals surface area contributed by atoms with Gasteiger partial charge in [0, 0.05) is 19.7 Å². The maximum Gasteiger partial charge on any atom is 0.211 e. The Kier molecular flexibility index (Phi) is 6.00. The summed E-state index contributed by atoms with van der Waals surface area (Å²) in [5.41, 5.74) is 0.960. The molecule has 0 bridgehead atoms. The number of ether oxygens (including phenoxy) is 2. The van der Waals surface area contributed by atoms with Crippen LogP contribution in [0.4, 0.5) is 0 Å². The van der Waals surface area contributed by atoms with Crippen LogP contribution in [0, 0.1) is 0 Å². The molecule has 0 saturated carbocycles. The van der Waals surface area contributed by atoms with E-state index in [-0.39, 0.29) is 6.04 Å². The van der Waals surface area contributed by atoms with Crippen LogP contribution < -0.4 is 10.1 Å². The second-order valence-electron chi connectivity index (χ2n) is 3.92. The van der Waals surface area contributed by atoms with Gasteiger partial charge in [-0.05, 0) is 13.0 Å². The lowest BCUT2D eigenvalue weighted by atomic mass is 10.2. The van der Waals surface area contributed by atoms with Gasteiger partial charge in [-0.2, -0.15) is 5.10 Å². The van der Waals surface area contributed by atoms with Gasteiger partial charge in [-0.15, -0.1) is 0 Å². The molecule has 1 heterocycles. The van der Waals surface area contributed by atoms with E-state index in [1.165, 1.54) is 0 Å². The smallest absolute Gasteiger partial charge is 0.211 e. The summed E-state index contributed by atoms with van der Waals surface area (Å²) in [5, 5.41) is 7.79. The molecule has 0 aliphatic carbocycles. The summed E-state index contributed by atoms with van der Waals surface area (Å²) in [4.78, 5) is 0. The van der Waals surface area contributed by atoms with E-state index in [0.717, 1.165) is 31.1 Å². The summed E-state index contributed by atoms with van der Waals surface area (Å²) < 4.78 is 12.5. The first kappa shape index (κ1) is 14.0. The third-order valence-corrected chi connectivity index (χ3v) is 2.51. The normalized spacial score (nSPS) is 12.7. The number of nitrogens with zero attached hydrogens (tertiary/aromatic N) is 2. The Morgan fingerprint density at radius 2 is 2.24 bits per heavy atom. The standard InChI is InChI=1S/C12H23N3O2/c1-5-7-17-9-11(13-6-2)10-8-12(16-4)15(3)14-10/h8,11,13H,5-7,9H2,1-4H3. The Labute approximate surface area is 103 Å². The molecule has 0 spiro atoms. The highest BCUT2D eigenvalue weighted by Crippen LogP contribution is 2.18. The molecule has 1 aromatic heterocycles. The van der Waals surface area contributed by atoms with Gasteiger partial charge in [-0.25, -0.2) is 4.68 Å². The van der Waals surface area contributed by atoms with E-state index in [2.05, 4.69) is 24.3 Å². The molecule has 0 fully saturated rings. The zero-order chi connectivity index (χ0) is 12.7. The van der Waals surface area contributed by atoms with Crippen LogP contribution in [0.2, 0.25) is 0 Å². The fraction of sp³-hybridized carbons (Fsp3) is 0.750. The van der Waals surface area contributed by atoms with E-state index in [4.69, 9.17) is 9.47 Å². The molecule has 1 rings (SSSR count). The van der Waals surface area contributed by atoms with E-state index in [0.29, 0.717) is 6.61 Å². The number of hydrogen-bond donors (Lipinski definition) is 1. The molecule has 0 aliphatic heterocycles. The summed E-state index contributed by atoms with van der Waals surface area (Å²) in [6.07, 6.45) is 1.03. The number of hydrogen-bond acceptors (Lipinski definition) is 4. The van der Waals surface area contributed by atoms with Gasteiger partial charge in [0.2, 0.25) is 5.88 Å². The van der Waals surface area contributed by atoms with Crippen molar-refractivity contribution in [3.63, 3.8) is 0 Å². The van der Waals surface area contributed by atoms with Crippen LogP contribution in [0.25, 0.3) is 0 Å². The van der Waals surface area contributed by atoms with Crippen LogP contribution >= 0.6 is 0 Å². The lowest BCUT2D eigenvalue weighted by Crippen LogP contribution is -2.26. The minimum atomic E-state index is 0.127. The van der Waals surface area contributed by atoms with Crippen molar-refractivity contribution in [2.24, 2.45) is 7.05 Å². The van der Waals surface area contributed by atoms with E-state index in [1.807, 2.05) is 13.1 Å². The molecule has 1 N–H and O–H groups in total. The predicted octanol–water partition coefficient (Wildman–Crippen LogP) is 1.51. The molecule has 0 aliphatic rings. The molecule has 1 aromatic rings. The van der Waals surface area contributed by atoms with Crippen LogP contribution in [0.5, 0.6) is 5.88 Å². The molecule has 0 saturated heterocycles. The number of likely N-dealkylation sites (N-methyl/N-ethyl adjacent to an activating group) is 1. The second kappa shape index (κ2) is 7.29. The number of nitrogens with one attached hydrogen (secondary N) is 1. The molecule has 0 radical (unpaired) electrons.